The molecular formula is C15H20N2O3. The first-order chi connectivity index (χ1) is 9.63. The topological polar surface area (TPSA) is 83.6 Å². The van der Waals surface area contributed by atoms with E-state index >= 15 is 0 Å². The Balaban J connectivity index is 2.02. The minimum Gasteiger partial charge on any atom is -0.481 e. The second kappa shape index (κ2) is 6.52. The van der Waals surface area contributed by atoms with Crippen molar-refractivity contribution in [2.75, 3.05) is 19.6 Å². The number of carboxylic acid groups (broad SMARTS) is 1. The van der Waals surface area contributed by atoms with Crippen LogP contribution in [0.5, 0.6) is 0 Å². The zero-order valence-electron chi connectivity index (χ0n) is 11.4. The monoisotopic (exact) mass is 276 g/mol. The van der Waals surface area contributed by atoms with Gasteiger partial charge in [0.2, 0.25) is 5.91 Å². The summed E-state index contributed by atoms with van der Waals surface area (Å²) in [6.07, 6.45) is 1.04. The Morgan fingerprint density at radius 3 is 2.35 bits per heavy atom. The van der Waals surface area contributed by atoms with E-state index in [-0.39, 0.29) is 24.3 Å². The first kappa shape index (κ1) is 14.5. The summed E-state index contributed by atoms with van der Waals surface area (Å²) in [7, 11) is 0. The Hall–Kier alpha value is -1.88. The Morgan fingerprint density at radius 2 is 1.85 bits per heavy atom. The number of amides is 1. The van der Waals surface area contributed by atoms with Gasteiger partial charge in [0.1, 0.15) is 0 Å². The molecule has 1 aliphatic rings. The van der Waals surface area contributed by atoms with E-state index in [1.165, 1.54) is 0 Å². The zero-order valence-corrected chi connectivity index (χ0v) is 11.4. The molecule has 1 heterocycles. The van der Waals surface area contributed by atoms with Gasteiger partial charge >= 0.3 is 5.97 Å². The third-order valence-electron chi connectivity index (χ3n) is 3.89. The molecule has 1 aromatic rings. The van der Waals surface area contributed by atoms with Crippen LogP contribution < -0.4 is 5.73 Å². The average Bonchev–Trinajstić information content (AvgIpc) is 2.49. The van der Waals surface area contributed by atoms with Gasteiger partial charge in [0.05, 0.1) is 11.8 Å². The first-order valence-corrected chi connectivity index (χ1v) is 6.90. The van der Waals surface area contributed by atoms with Crippen molar-refractivity contribution in [2.45, 2.75) is 18.8 Å². The number of carboxylic acids is 1. The summed E-state index contributed by atoms with van der Waals surface area (Å²) in [5.41, 5.74) is 6.66. The van der Waals surface area contributed by atoms with E-state index in [9.17, 15) is 9.59 Å². The average molecular weight is 276 g/mol. The van der Waals surface area contributed by atoms with Crippen molar-refractivity contribution in [3.05, 3.63) is 35.9 Å². The van der Waals surface area contributed by atoms with E-state index in [2.05, 4.69) is 0 Å². The smallest absolute Gasteiger partial charge is 0.306 e. The highest BCUT2D eigenvalue weighted by atomic mass is 16.4. The first-order valence-electron chi connectivity index (χ1n) is 6.90. The molecule has 0 radical (unpaired) electrons. The lowest BCUT2D eigenvalue weighted by molar-refractivity contribution is -0.146. The second-order valence-electron chi connectivity index (χ2n) is 5.14. The Labute approximate surface area is 118 Å². The molecule has 0 saturated carbocycles. The lowest BCUT2D eigenvalue weighted by Gasteiger charge is -2.32. The summed E-state index contributed by atoms with van der Waals surface area (Å²) >= 11 is 0. The summed E-state index contributed by atoms with van der Waals surface area (Å²) in [6, 6.07) is 9.49. The van der Waals surface area contributed by atoms with Crippen LogP contribution in [0.15, 0.2) is 30.3 Å². The molecule has 1 unspecified atom stereocenters. The number of aliphatic carboxylic acids is 1. The van der Waals surface area contributed by atoms with Crippen LogP contribution in [-0.2, 0) is 9.59 Å². The van der Waals surface area contributed by atoms with Crippen molar-refractivity contribution in [1.82, 2.24) is 4.90 Å². The van der Waals surface area contributed by atoms with E-state index in [0.29, 0.717) is 25.9 Å². The van der Waals surface area contributed by atoms with Gasteiger partial charge in [-0.25, -0.2) is 0 Å². The number of nitrogens with two attached hydrogens (primary N) is 1. The van der Waals surface area contributed by atoms with Gasteiger partial charge in [0.15, 0.2) is 0 Å². The van der Waals surface area contributed by atoms with Gasteiger partial charge in [-0.15, -0.1) is 0 Å². The van der Waals surface area contributed by atoms with Crippen molar-refractivity contribution >= 4 is 11.9 Å². The summed E-state index contributed by atoms with van der Waals surface area (Å²) in [5.74, 6) is -1.43. The molecule has 108 valence electrons. The molecule has 1 aromatic carbocycles. The Bertz CT molecular complexity index is 467. The predicted octanol–water partition coefficient (Wildman–Crippen LogP) is 1.05. The number of carbonyl (C=O) groups excluding carboxylic acids is 1. The summed E-state index contributed by atoms with van der Waals surface area (Å²) in [6.45, 7) is 1.26. The summed E-state index contributed by atoms with van der Waals surface area (Å²) in [4.78, 5) is 25.2. The van der Waals surface area contributed by atoms with Gasteiger partial charge in [-0.05, 0) is 18.4 Å². The van der Waals surface area contributed by atoms with Gasteiger partial charge in [0.25, 0.3) is 0 Å². The maximum absolute atomic E-state index is 12.5. The number of likely N-dealkylation sites (tertiary alicyclic amines) is 1. The number of benzene rings is 1. The number of carbonyl (C=O) groups is 2. The number of rotatable bonds is 4. The van der Waals surface area contributed by atoms with Crippen LogP contribution >= 0.6 is 0 Å². The highest BCUT2D eigenvalue weighted by Gasteiger charge is 2.30. The summed E-state index contributed by atoms with van der Waals surface area (Å²) < 4.78 is 0. The molecule has 0 spiro atoms. The number of hydrogen-bond donors (Lipinski definition) is 2. The zero-order chi connectivity index (χ0) is 14.5. The fourth-order valence-corrected chi connectivity index (χ4v) is 2.63. The van der Waals surface area contributed by atoms with E-state index in [0.717, 1.165) is 5.56 Å². The van der Waals surface area contributed by atoms with Crippen molar-refractivity contribution in [1.29, 1.82) is 0 Å². The van der Waals surface area contributed by atoms with E-state index in [1.54, 1.807) is 4.90 Å². The molecule has 3 N–H and O–H groups in total. The van der Waals surface area contributed by atoms with E-state index < -0.39 is 5.97 Å². The standard InChI is InChI=1S/C15H20N2O3/c16-10-13(11-4-2-1-3-5-11)14(18)17-8-6-12(7-9-17)15(19)20/h1-5,12-13H,6-10,16H2,(H,19,20). The van der Waals surface area contributed by atoms with Gasteiger partial charge in [-0.3, -0.25) is 9.59 Å². The molecule has 0 aromatic heterocycles. The quantitative estimate of drug-likeness (QED) is 0.861. The Kier molecular flexibility index (Phi) is 4.74. The Morgan fingerprint density at radius 1 is 1.25 bits per heavy atom. The lowest BCUT2D eigenvalue weighted by Crippen LogP contribution is -2.43. The molecule has 0 bridgehead atoms. The van der Waals surface area contributed by atoms with Gasteiger partial charge in [0, 0.05) is 19.6 Å². The van der Waals surface area contributed by atoms with Crippen LogP contribution in [0, 0.1) is 5.92 Å². The van der Waals surface area contributed by atoms with Crippen LogP contribution in [0.25, 0.3) is 0 Å². The molecule has 1 amide bonds. The van der Waals surface area contributed by atoms with Crippen molar-refractivity contribution in [3.63, 3.8) is 0 Å². The summed E-state index contributed by atoms with van der Waals surface area (Å²) in [5, 5.41) is 8.97. The van der Waals surface area contributed by atoms with Crippen molar-refractivity contribution in [3.8, 4) is 0 Å². The maximum Gasteiger partial charge on any atom is 0.306 e. The van der Waals surface area contributed by atoms with Gasteiger partial charge < -0.3 is 15.7 Å². The molecule has 2 rings (SSSR count). The number of piperidine rings is 1. The molecule has 5 heteroatoms. The van der Waals surface area contributed by atoms with E-state index in [1.807, 2.05) is 30.3 Å². The second-order valence-corrected chi connectivity index (χ2v) is 5.14. The fraction of sp³-hybridized carbons (Fsp3) is 0.467. The van der Waals surface area contributed by atoms with Crippen molar-refractivity contribution in [2.24, 2.45) is 11.7 Å². The maximum atomic E-state index is 12.5. The SMILES string of the molecule is NCC(C(=O)N1CCC(C(=O)O)CC1)c1ccccc1. The van der Waals surface area contributed by atoms with Crippen LogP contribution in [0.2, 0.25) is 0 Å². The largest absolute Gasteiger partial charge is 0.481 e. The molecule has 5 nitrogen and oxygen atoms in total. The number of nitrogens with zero attached hydrogens (tertiary/aromatic N) is 1. The van der Waals surface area contributed by atoms with Gasteiger partial charge in [-0.1, -0.05) is 30.3 Å². The molecule has 20 heavy (non-hydrogen) atoms. The van der Waals surface area contributed by atoms with Crippen LogP contribution in [-0.4, -0.2) is 41.5 Å². The molecule has 1 fully saturated rings. The molecule has 1 aliphatic heterocycles. The van der Waals surface area contributed by atoms with E-state index in [4.69, 9.17) is 10.8 Å². The predicted molar refractivity (Wildman–Crippen MR) is 75.2 cm³/mol. The van der Waals surface area contributed by atoms with Gasteiger partial charge in [-0.2, -0.15) is 0 Å². The molecule has 0 aliphatic carbocycles. The van der Waals surface area contributed by atoms with Crippen LogP contribution in [0.1, 0.15) is 24.3 Å². The highest BCUT2D eigenvalue weighted by molar-refractivity contribution is 5.84. The fourth-order valence-electron chi connectivity index (χ4n) is 2.63. The van der Waals surface area contributed by atoms with Crippen molar-refractivity contribution < 1.29 is 14.7 Å². The highest BCUT2D eigenvalue weighted by Crippen LogP contribution is 2.22. The minimum absolute atomic E-state index is 0.00235. The molecule has 1 atom stereocenters. The number of hydrogen-bond acceptors (Lipinski definition) is 3. The molecule has 1 saturated heterocycles. The lowest BCUT2D eigenvalue weighted by atomic mass is 9.93. The minimum atomic E-state index is -0.768. The third-order valence-corrected chi connectivity index (χ3v) is 3.89. The molecular weight excluding hydrogens is 256 g/mol. The van der Waals surface area contributed by atoms with Crippen LogP contribution in [0.4, 0.5) is 0 Å². The normalized spacial score (nSPS) is 17.8. The third kappa shape index (κ3) is 3.17. The van der Waals surface area contributed by atoms with Crippen LogP contribution in [0.3, 0.4) is 0 Å².